The first-order chi connectivity index (χ1) is 16.0. The van der Waals surface area contributed by atoms with Crippen LogP contribution in [0.2, 0.25) is 0 Å². The summed E-state index contributed by atoms with van der Waals surface area (Å²) in [6.07, 6.45) is 0. The van der Waals surface area contributed by atoms with E-state index in [1.165, 1.54) is 16.7 Å². The molecule has 1 fully saturated rings. The molecule has 0 N–H and O–H groups in total. The Kier molecular flexibility index (Phi) is 7.03. The van der Waals surface area contributed by atoms with Gasteiger partial charge in [-0.2, -0.15) is 0 Å². The van der Waals surface area contributed by atoms with E-state index in [-0.39, 0.29) is 12.5 Å². The van der Waals surface area contributed by atoms with Crippen molar-refractivity contribution in [3.8, 4) is 11.5 Å². The van der Waals surface area contributed by atoms with Crippen molar-refractivity contribution in [2.45, 2.75) is 33.4 Å². The van der Waals surface area contributed by atoms with Crippen LogP contribution in [0.25, 0.3) is 0 Å². The fraction of sp³-hybridized carbons (Fsp3) is 0.320. The highest BCUT2D eigenvalue weighted by molar-refractivity contribution is 8.15. The maximum absolute atomic E-state index is 12.9. The molecule has 0 radical (unpaired) electrons. The molecular formula is C25H26N2O5S. The number of ether oxygens (including phenoxy) is 3. The first-order valence-corrected chi connectivity index (χ1v) is 11.9. The van der Waals surface area contributed by atoms with Crippen LogP contribution in [0.15, 0.2) is 64.8 Å². The SMILES string of the molecule is CCOC(=O)C1=C(C)N2C(=O)CSC2=N[C@H]1c1ccc(OCc2ccccc2)c(OCC)c1. The molecule has 1 amide bonds. The molecule has 8 heteroatoms. The summed E-state index contributed by atoms with van der Waals surface area (Å²) in [6, 6.07) is 14.9. The van der Waals surface area contributed by atoms with Crippen molar-refractivity contribution < 1.29 is 23.8 Å². The van der Waals surface area contributed by atoms with Crippen molar-refractivity contribution in [2.75, 3.05) is 19.0 Å². The average Bonchev–Trinajstić information content (AvgIpc) is 3.20. The Morgan fingerprint density at radius 2 is 1.88 bits per heavy atom. The summed E-state index contributed by atoms with van der Waals surface area (Å²) in [5.41, 5.74) is 2.73. The number of hydrogen-bond acceptors (Lipinski definition) is 7. The molecule has 2 aromatic carbocycles. The van der Waals surface area contributed by atoms with Crippen LogP contribution in [-0.2, 0) is 20.9 Å². The fourth-order valence-electron chi connectivity index (χ4n) is 3.81. The highest BCUT2D eigenvalue weighted by Gasteiger charge is 2.40. The Bertz CT molecular complexity index is 1110. The molecule has 1 atom stereocenters. The number of esters is 1. The summed E-state index contributed by atoms with van der Waals surface area (Å²) in [4.78, 5) is 31.5. The molecule has 1 saturated heterocycles. The third-order valence-corrected chi connectivity index (χ3v) is 6.26. The number of amidine groups is 1. The van der Waals surface area contributed by atoms with Crippen LogP contribution in [-0.4, -0.2) is 40.9 Å². The first kappa shape index (κ1) is 22.9. The van der Waals surface area contributed by atoms with Crippen LogP contribution in [0.1, 0.15) is 37.9 Å². The van der Waals surface area contributed by atoms with E-state index in [4.69, 9.17) is 19.2 Å². The lowest BCUT2D eigenvalue weighted by molar-refractivity contribution is -0.139. The van der Waals surface area contributed by atoms with Gasteiger partial charge < -0.3 is 14.2 Å². The van der Waals surface area contributed by atoms with Crippen molar-refractivity contribution in [3.63, 3.8) is 0 Å². The Morgan fingerprint density at radius 1 is 1.09 bits per heavy atom. The normalized spacial score (nSPS) is 17.5. The van der Waals surface area contributed by atoms with Crippen LogP contribution in [0.5, 0.6) is 11.5 Å². The number of fused-ring (bicyclic) bond motifs is 1. The number of amides is 1. The van der Waals surface area contributed by atoms with Gasteiger partial charge in [-0.1, -0.05) is 48.2 Å². The van der Waals surface area contributed by atoms with Gasteiger partial charge in [0.25, 0.3) is 0 Å². The van der Waals surface area contributed by atoms with Gasteiger partial charge in [0, 0.05) is 5.70 Å². The van der Waals surface area contributed by atoms with Crippen molar-refractivity contribution in [2.24, 2.45) is 4.99 Å². The molecule has 33 heavy (non-hydrogen) atoms. The zero-order chi connectivity index (χ0) is 23.4. The van der Waals surface area contributed by atoms with Gasteiger partial charge in [0.05, 0.1) is 24.5 Å². The third kappa shape index (κ3) is 4.75. The Balaban J connectivity index is 1.69. The Hall–Kier alpha value is -3.26. The number of carbonyl (C=O) groups excluding carboxylic acids is 2. The second-order valence-corrected chi connectivity index (χ2v) is 8.41. The van der Waals surface area contributed by atoms with Gasteiger partial charge in [0.1, 0.15) is 12.6 Å². The zero-order valence-electron chi connectivity index (χ0n) is 18.9. The maximum Gasteiger partial charge on any atom is 0.338 e. The van der Waals surface area contributed by atoms with E-state index in [2.05, 4.69) is 0 Å². The summed E-state index contributed by atoms with van der Waals surface area (Å²) >= 11 is 1.37. The maximum atomic E-state index is 12.9. The van der Waals surface area contributed by atoms with Gasteiger partial charge >= 0.3 is 5.97 Å². The second kappa shape index (κ2) is 10.1. The lowest BCUT2D eigenvalue weighted by Crippen LogP contribution is -2.35. The Labute approximate surface area is 197 Å². The minimum atomic E-state index is -0.601. The number of rotatable bonds is 8. The third-order valence-electron chi connectivity index (χ3n) is 5.32. The molecule has 2 aliphatic rings. The molecule has 2 heterocycles. The minimum absolute atomic E-state index is 0.0869. The van der Waals surface area contributed by atoms with Gasteiger partial charge in [0.15, 0.2) is 16.7 Å². The number of thioether (sulfide) groups is 1. The molecule has 0 aliphatic carbocycles. The topological polar surface area (TPSA) is 77.4 Å². The fourth-order valence-corrected chi connectivity index (χ4v) is 4.74. The highest BCUT2D eigenvalue weighted by atomic mass is 32.2. The van der Waals surface area contributed by atoms with Gasteiger partial charge in [-0.25, -0.2) is 9.79 Å². The summed E-state index contributed by atoms with van der Waals surface area (Å²) in [7, 11) is 0. The van der Waals surface area contributed by atoms with Gasteiger partial charge in [0.2, 0.25) is 5.91 Å². The molecule has 7 nitrogen and oxygen atoms in total. The molecular weight excluding hydrogens is 440 g/mol. The molecule has 0 unspecified atom stereocenters. The summed E-state index contributed by atoms with van der Waals surface area (Å²) in [6.45, 7) is 6.52. The van der Waals surface area contributed by atoms with E-state index in [9.17, 15) is 9.59 Å². The second-order valence-electron chi connectivity index (χ2n) is 7.47. The summed E-state index contributed by atoms with van der Waals surface area (Å²) < 4.78 is 17.2. The van der Waals surface area contributed by atoms with E-state index in [0.29, 0.717) is 46.9 Å². The van der Waals surface area contributed by atoms with Gasteiger partial charge in [-0.05, 0) is 44.0 Å². The predicted molar refractivity (Wildman–Crippen MR) is 127 cm³/mol. The first-order valence-electron chi connectivity index (χ1n) is 10.9. The van der Waals surface area contributed by atoms with Crippen molar-refractivity contribution in [1.82, 2.24) is 4.90 Å². The van der Waals surface area contributed by atoms with Crippen LogP contribution >= 0.6 is 11.8 Å². The number of benzene rings is 2. The smallest absolute Gasteiger partial charge is 0.338 e. The van der Waals surface area contributed by atoms with E-state index in [1.54, 1.807) is 13.8 Å². The van der Waals surface area contributed by atoms with Gasteiger partial charge in [-0.15, -0.1) is 0 Å². The van der Waals surface area contributed by atoms with Crippen LogP contribution < -0.4 is 9.47 Å². The molecule has 0 spiro atoms. The van der Waals surface area contributed by atoms with Crippen LogP contribution in [0.4, 0.5) is 0 Å². The monoisotopic (exact) mass is 466 g/mol. The summed E-state index contributed by atoms with van der Waals surface area (Å²) in [5.74, 6) is 0.920. The van der Waals surface area contributed by atoms with Gasteiger partial charge in [-0.3, -0.25) is 9.69 Å². The molecule has 0 aromatic heterocycles. The number of aliphatic imine (C=N–C) groups is 1. The number of nitrogens with zero attached hydrogens (tertiary/aromatic N) is 2. The lowest BCUT2D eigenvalue weighted by Gasteiger charge is -2.29. The molecule has 2 aromatic rings. The van der Waals surface area contributed by atoms with E-state index in [1.807, 2.05) is 55.5 Å². The number of carbonyl (C=O) groups is 2. The van der Waals surface area contributed by atoms with E-state index >= 15 is 0 Å². The van der Waals surface area contributed by atoms with Crippen LogP contribution in [0.3, 0.4) is 0 Å². The highest BCUT2D eigenvalue weighted by Crippen LogP contribution is 2.41. The van der Waals surface area contributed by atoms with Crippen molar-refractivity contribution >= 4 is 28.8 Å². The van der Waals surface area contributed by atoms with Crippen molar-refractivity contribution in [3.05, 3.63) is 70.9 Å². The Morgan fingerprint density at radius 3 is 2.61 bits per heavy atom. The van der Waals surface area contributed by atoms with Crippen LogP contribution in [0, 0.1) is 0 Å². The van der Waals surface area contributed by atoms with E-state index in [0.717, 1.165) is 11.1 Å². The zero-order valence-corrected chi connectivity index (χ0v) is 19.7. The number of hydrogen-bond donors (Lipinski definition) is 0. The number of allylic oxidation sites excluding steroid dienone is 1. The molecule has 2 aliphatic heterocycles. The lowest BCUT2D eigenvalue weighted by atomic mass is 9.95. The molecule has 172 valence electrons. The largest absolute Gasteiger partial charge is 0.490 e. The van der Waals surface area contributed by atoms with Crippen molar-refractivity contribution in [1.29, 1.82) is 0 Å². The predicted octanol–water partition coefficient (Wildman–Crippen LogP) is 4.49. The molecule has 0 bridgehead atoms. The average molecular weight is 467 g/mol. The standard InChI is InChI=1S/C25H26N2O5S/c1-4-30-20-13-18(11-12-19(20)32-14-17-9-7-6-8-10-17)23-22(24(29)31-5-2)16(3)27-21(28)15-33-25(27)26-23/h6-13,23H,4-5,14-15H2,1-3H3/t23-/m0/s1. The molecule has 0 saturated carbocycles. The van der Waals surface area contributed by atoms with E-state index < -0.39 is 12.0 Å². The minimum Gasteiger partial charge on any atom is -0.490 e. The summed E-state index contributed by atoms with van der Waals surface area (Å²) in [5, 5.41) is 0.595. The quantitative estimate of drug-likeness (QED) is 0.534. The molecule has 4 rings (SSSR count).